The van der Waals surface area contributed by atoms with Crippen molar-refractivity contribution in [3.63, 3.8) is 0 Å². The maximum Gasteiger partial charge on any atom is 0.178 e. The second-order valence-corrected chi connectivity index (χ2v) is 18.4. The summed E-state index contributed by atoms with van der Waals surface area (Å²) in [4.78, 5) is 0. The van der Waals surface area contributed by atoms with Gasteiger partial charge in [-0.05, 0) is 154 Å². The molecule has 1 aliphatic carbocycles. The normalized spacial score (nSPS) is 13.2. The maximum atomic E-state index is 6.65. The maximum absolute atomic E-state index is 6.65. The molecule has 0 aliphatic heterocycles. The summed E-state index contributed by atoms with van der Waals surface area (Å²) in [5, 5.41) is 12.0. The van der Waals surface area contributed by atoms with Crippen molar-refractivity contribution in [2.45, 2.75) is 19.3 Å². The smallest absolute Gasteiger partial charge is 0.178 e. The van der Waals surface area contributed by atoms with Crippen LogP contribution < -0.4 is 0 Å². The van der Waals surface area contributed by atoms with Crippen molar-refractivity contribution in [2.24, 2.45) is 0 Å². The van der Waals surface area contributed by atoms with Crippen LogP contribution in [0.15, 0.2) is 215 Å². The van der Waals surface area contributed by atoms with Gasteiger partial charge in [-0.2, -0.15) is 0 Å². The van der Waals surface area contributed by atoms with Gasteiger partial charge in [-0.3, -0.25) is 0 Å². The molecule has 0 saturated carbocycles. The van der Waals surface area contributed by atoms with Crippen LogP contribution in [0.2, 0.25) is 0 Å². The Morgan fingerprint density at radius 1 is 0.277 bits per heavy atom. The largest absolute Gasteiger partial charge is 0.452 e. The van der Waals surface area contributed by atoms with Crippen molar-refractivity contribution >= 4 is 76.2 Å². The van der Waals surface area contributed by atoms with Crippen LogP contribution in [0.5, 0.6) is 0 Å². The third kappa shape index (κ3) is 5.29. The van der Waals surface area contributed by atoms with Crippen LogP contribution >= 0.6 is 0 Å². The van der Waals surface area contributed by atoms with Gasteiger partial charge in [-0.25, -0.2) is 0 Å². The Bertz CT molecular complexity index is 4120. The first-order valence-corrected chi connectivity index (χ1v) is 22.6. The second-order valence-electron chi connectivity index (χ2n) is 18.4. The zero-order chi connectivity index (χ0) is 43.0. The third-order valence-electron chi connectivity index (χ3n) is 14.5. The first kappa shape index (κ1) is 36.3. The summed E-state index contributed by atoms with van der Waals surface area (Å²) in [6, 6.07) is 75.5. The van der Waals surface area contributed by atoms with E-state index in [1.54, 1.807) is 0 Å². The van der Waals surface area contributed by atoms with Gasteiger partial charge in [0.15, 0.2) is 11.2 Å². The lowest BCUT2D eigenvalue weighted by Gasteiger charge is -2.21. The van der Waals surface area contributed by atoms with Gasteiger partial charge in [0.1, 0.15) is 11.2 Å². The molecule has 1 aliphatic rings. The zero-order valence-electron chi connectivity index (χ0n) is 35.9. The van der Waals surface area contributed by atoms with E-state index in [0.717, 1.165) is 55.0 Å². The Labute approximate surface area is 375 Å². The first-order valence-electron chi connectivity index (χ1n) is 22.6. The molecule has 0 spiro atoms. The Morgan fingerprint density at radius 3 is 1.28 bits per heavy atom. The molecule has 0 radical (unpaired) electrons. The number of fused-ring (bicyclic) bond motifs is 16. The average molecular weight is 829 g/mol. The highest BCUT2D eigenvalue weighted by molar-refractivity contribution is 6.26. The van der Waals surface area contributed by atoms with E-state index in [-0.39, 0.29) is 5.41 Å². The molecule has 0 N–H and O–H groups in total. The van der Waals surface area contributed by atoms with Gasteiger partial charge in [0.2, 0.25) is 0 Å². The van der Waals surface area contributed by atoms with Crippen molar-refractivity contribution in [3.05, 3.63) is 217 Å². The number of rotatable bonds is 4. The minimum atomic E-state index is -0.0533. The summed E-state index contributed by atoms with van der Waals surface area (Å²) in [6.07, 6.45) is 0. The summed E-state index contributed by atoms with van der Waals surface area (Å²) < 4.78 is 13.3. The zero-order valence-corrected chi connectivity index (χ0v) is 35.9. The van der Waals surface area contributed by atoms with E-state index in [4.69, 9.17) is 8.83 Å². The summed E-state index contributed by atoms with van der Waals surface area (Å²) in [7, 11) is 0. The molecule has 0 atom stereocenters. The van der Waals surface area contributed by atoms with Crippen LogP contribution in [0, 0.1) is 0 Å². The predicted octanol–water partition coefficient (Wildman–Crippen LogP) is 17.9. The quantitative estimate of drug-likeness (QED) is 0.165. The molecule has 2 nitrogen and oxygen atoms in total. The first-order chi connectivity index (χ1) is 32.0. The lowest BCUT2D eigenvalue weighted by molar-refractivity contribution is 0.633. The van der Waals surface area contributed by atoms with Gasteiger partial charge in [-0.1, -0.05) is 166 Å². The molecule has 0 fully saturated rings. The highest BCUT2D eigenvalue weighted by Crippen LogP contribution is 2.52. The number of hydrogen-bond acceptors (Lipinski definition) is 2. The summed E-state index contributed by atoms with van der Waals surface area (Å²) >= 11 is 0. The van der Waals surface area contributed by atoms with E-state index in [9.17, 15) is 0 Å². The Hall–Kier alpha value is -8.20. The van der Waals surface area contributed by atoms with Crippen molar-refractivity contribution in [2.75, 3.05) is 0 Å². The highest BCUT2D eigenvalue weighted by atomic mass is 16.4. The van der Waals surface area contributed by atoms with E-state index < -0.39 is 0 Å². The van der Waals surface area contributed by atoms with E-state index in [2.05, 4.69) is 220 Å². The van der Waals surface area contributed by atoms with Gasteiger partial charge < -0.3 is 8.83 Å². The van der Waals surface area contributed by atoms with Gasteiger partial charge in [0, 0.05) is 27.0 Å². The molecule has 0 unspecified atom stereocenters. The fraction of sp³-hybridized carbons (Fsp3) is 0.0476. The minimum absolute atomic E-state index is 0.0533. The molecule has 304 valence electrons. The lowest BCUT2D eigenvalue weighted by Crippen LogP contribution is -2.14. The molecule has 2 aromatic heterocycles. The van der Waals surface area contributed by atoms with E-state index in [0.29, 0.717) is 0 Å². The van der Waals surface area contributed by atoms with Crippen molar-refractivity contribution in [3.8, 4) is 55.6 Å². The molecular weight excluding hydrogens is 789 g/mol. The van der Waals surface area contributed by atoms with Crippen LogP contribution in [0.25, 0.3) is 132 Å². The molecule has 14 rings (SSSR count). The fourth-order valence-electron chi connectivity index (χ4n) is 11.3. The van der Waals surface area contributed by atoms with E-state index in [1.165, 1.54) is 88.0 Å². The fourth-order valence-corrected chi connectivity index (χ4v) is 11.3. The molecular formula is C63H40O2. The molecule has 0 bridgehead atoms. The number of furan rings is 2. The SMILES string of the molecule is CC1(C)c2ccccc2-c2c(-c3ccc4oc5c(ccc6c7cc(-c8cccc(-c9cccc(-c%10ccc%11c%12ccccc%12c%12ccccc%12c%11c%10)c9)c8)ccc7oc65)c4c3)cccc21. The summed E-state index contributed by atoms with van der Waals surface area (Å²) in [5.41, 5.74) is 18.1. The van der Waals surface area contributed by atoms with Crippen LogP contribution in [0.4, 0.5) is 0 Å². The monoisotopic (exact) mass is 828 g/mol. The van der Waals surface area contributed by atoms with Crippen molar-refractivity contribution < 1.29 is 8.83 Å². The van der Waals surface area contributed by atoms with Crippen molar-refractivity contribution in [1.29, 1.82) is 0 Å². The standard InChI is InChI=1S/C63H40O2/c1-63(2)56-22-8-7-20-52(56)60-44(21-11-23-57(60)63)43-26-31-59-55(36-43)51-29-28-50-54-35-42(25-30-58(54)64-61(50)62(51)65-59)40-15-10-13-38(33-40)37-12-9-14-39(32-37)41-24-27-49-47-18-4-3-16-45(47)46-17-5-6-19-48(46)53(49)34-41/h3-36H,1-2H3. The van der Waals surface area contributed by atoms with Crippen LogP contribution in [0.1, 0.15) is 25.0 Å². The highest BCUT2D eigenvalue weighted by Gasteiger charge is 2.36. The molecule has 65 heavy (non-hydrogen) atoms. The molecule has 11 aromatic carbocycles. The van der Waals surface area contributed by atoms with Crippen LogP contribution in [-0.2, 0) is 5.41 Å². The molecule has 2 heteroatoms. The van der Waals surface area contributed by atoms with Gasteiger partial charge in [0.25, 0.3) is 0 Å². The molecule has 0 saturated heterocycles. The molecule has 0 amide bonds. The Morgan fingerprint density at radius 2 is 0.677 bits per heavy atom. The van der Waals surface area contributed by atoms with Gasteiger partial charge in [-0.15, -0.1) is 0 Å². The number of benzene rings is 11. The summed E-state index contributed by atoms with van der Waals surface area (Å²) in [6.45, 7) is 4.67. The van der Waals surface area contributed by atoms with Gasteiger partial charge in [0.05, 0.1) is 0 Å². The Kier molecular flexibility index (Phi) is 7.49. The minimum Gasteiger partial charge on any atom is -0.452 e. The van der Waals surface area contributed by atoms with Crippen molar-refractivity contribution in [1.82, 2.24) is 0 Å². The van der Waals surface area contributed by atoms with Crippen LogP contribution in [-0.4, -0.2) is 0 Å². The van der Waals surface area contributed by atoms with Gasteiger partial charge >= 0.3 is 0 Å². The Balaban J connectivity index is 0.823. The topological polar surface area (TPSA) is 26.3 Å². The predicted molar refractivity (Wildman–Crippen MR) is 273 cm³/mol. The number of hydrogen-bond donors (Lipinski definition) is 0. The molecule has 13 aromatic rings. The molecule has 2 heterocycles. The average Bonchev–Trinajstić information content (AvgIpc) is 4.01. The van der Waals surface area contributed by atoms with E-state index >= 15 is 0 Å². The second kappa shape index (κ2) is 13.4. The van der Waals surface area contributed by atoms with Crippen LogP contribution in [0.3, 0.4) is 0 Å². The summed E-state index contributed by atoms with van der Waals surface area (Å²) in [5.74, 6) is 0. The lowest BCUT2D eigenvalue weighted by atomic mass is 9.82. The van der Waals surface area contributed by atoms with E-state index in [1.807, 2.05) is 0 Å². The third-order valence-corrected chi connectivity index (χ3v) is 14.5.